The fourth-order valence-corrected chi connectivity index (χ4v) is 5.20. The fraction of sp³-hybridized carbons (Fsp3) is 0.500. The Morgan fingerprint density at radius 3 is 2.76 bits per heavy atom. The molecule has 0 saturated carbocycles. The van der Waals surface area contributed by atoms with Crippen molar-refractivity contribution in [2.24, 2.45) is 0 Å². The maximum absolute atomic E-state index is 14.0. The molecule has 1 aromatic rings. The van der Waals surface area contributed by atoms with E-state index in [0.29, 0.717) is 17.9 Å². The minimum absolute atomic E-state index is 0.0742. The third kappa shape index (κ3) is 4.20. The second-order valence-electron chi connectivity index (χ2n) is 5.05. The molecule has 1 saturated heterocycles. The van der Waals surface area contributed by atoms with E-state index in [4.69, 9.17) is 10.0 Å². The summed E-state index contributed by atoms with van der Waals surface area (Å²) in [6, 6.07) is 3.95. The van der Waals surface area contributed by atoms with Crippen LogP contribution in [-0.4, -0.2) is 60.2 Å². The van der Waals surface area contributed by atoms with Crippen molar-refractivity contribution in [2.75, 3.05) is 24.3 Å². The topological polar surface area (TPSA) is 77.8 Å². The molecule has 1 aliphatic rings. The molecule has 0 spiro atoms. The molecule has 2 N–H and O–H groups in total. The SMILES string of the molecule is CS(=O)(=O)C1CSCCN1Cc1ccc(B(O)O)cc1F. The summed E-state index contributed by atoms with van der Waals surface area (Å²) >= 11 is 1.57. The number of sulfone groups is 1. The maximum atomic E-state index is 14.0. The van der Waals surface area contributed by atoms with Gasteiger partial charge in [-0.25, -0.2) is 12.8 Å². The average Bonchev–Trinajstić information content (AvgIpc) is 2.40. The molecule has 1 fully saturated rings. The van der Waals surface area contributed by atoms with Crippen molar-refractivity contribution < 1.29 is 22.9 Å². The lowest BCUT2D eigenvalue weighted by Gasteiger charge is -2.34. The van der Waals surface area contributed by atoms with E-state index in [9.17, 15) is 12.8 Å². The molecule has 1 aromatic carbocycles. The summed E-state index contributed by atoms with van der Waals surface area (Å²) in [6.07, 6.45) is 1.19. The third-order valence-electron chi connectivity index (χ3n) is 3.43. The van der Waals surface area contributed by atoms with Gasteiger partial charge >= 0.3 is 7.12 Å². The first kappa shape index (κ1) is 16.8. The fourth-order valence-electron chi connectivity index (χ4n) is 2.26. The van der Waals surface area contributed by atoms with Crippen LogP contribution in [0.25, 0.3) is 0 Å². The van der Waals surface area contributed by atoms with Crippen molar-refractivity contribution in [3.05, 3.63) is 29.6 Å². The highest BCUT2D eigenvalue weighted by molar-refractivity contribution is 8.00. The number of nitrogens with zero attached hydrogens (tertiary/aromatic N) is 1. The average molecular weight is 333 g/mol. The van der Waals surface area contributed by atoms with Gasteiger partial charge in [-0.3, -0.25) is 4.90 Å². The van der Waals surface area contributed by atoms with Crippen molar-refractivity contribution in [2.45, 2.75) is 11.9 Å². The molecule has 21 heavy (non-hydrogen) atoms. The van der Waals surface area contributed by atoms with E-state index in [2.05, 4.69) is 0 Å². The third-order valence-corrected chi connectivity index (χ3v) is 6.12. The van der Waals surface area contributed by atoms with E-state index >= 15 is 0 Å². The van der Waals surface area contributed by atoms with Crippen LogP contribution in [0.1, 0.15) is 5.56 Å². The van der Waals surface area contributed by atoms with E-state index in [1.807, 2.05) is 0 Å². The van der Waals surface area contributed by atoms with Crippen molar-refractivity contribution in [1.82, 2.24) is 4.90 Å². The van der Waals surface area contributed by atoms with Gasteiger partial charge in [0.15, 0.2) is 9.84 Å². The molecule has 1 unspecified atom stereocenters. The highest BCUT2D eigenvalue weighted by Crippen LogP contribution is 2.23. The van der Waals surface area contributed by atoms with Gasteiger partial charge in [0.2, 0.25) is 0 Å². The van der Waals surface area contributed by atoms with Gasteiger partial charge in [-0.2, -0.15) is 11.8 Å². The Hall–Kier alpha value is -0.605. The van der Waals surface area contributed by atoms with Crippen molar-refractivity contribution in [1.29, 1.82) is 0 Å². The van der Waals surface area contributed by atoms with Crippen LogP contribution in [0, 0.1) is 5.82 Å². The maximum Gasteiger partial charge on any atom is 0.488 e. The molecular weight excluding hydrogens is 316 g/mol. The van der Waals surface area contributed by atoms with Crippen LogP contribution in [-0.2, 0) is 16.4 Å². The van der Waals surface area contributed by atoms with Crippen LogP contribution in [0.2, 0.25) is 0 Å². The molecule has 1 heterocycles. The van der Waals surface area contributed by atoms with Gasteiger partial charge in [0.05, 0.1) is 0 Å². The minimum Gasteiger partial charge on any atom is -0.423 e. The number of benzene rings is 1. The monoisotopic (exact) mass is 333 g/mol. The first-order chi connectivity index (χ1) is 9.79. The van der Waals surface area contributed by atoms with Crippen LogP contribution in [0.3, 0.4) is 0 Å². The summed E-state index contributed by atoms with van der Waals surface area (Å²) in [5.74, 6) is 0.723. The minimum atomic E-state index is -3.23. The number of hydrogen-bond acceptors (Lipinski definition) is 6. The normalized spacial score (nSPS) is 20.5. The molecule has 1 atom stereocenters. The number of halogens is 1. The number of rotatable bonds is 4. The van der Waals surface area contributed by atoms with Gasteiger partial charge in [0.25, 0.3) is 0 Å². The van der Waals surface area contributed by atoms with E-state index in [-0.39, 0.29) is 12.0 Å². The molecule has 0 aromatic heterocycles. The molecule has 9 heteroatoms. The zero-order chi connectivity index (χ0) is 15.6. The summed E-state index contributed by atoms with van der Waals surface area (Å²) in [6.45, 7) is 0.762. The highest BCUT2D eigenvalue weighted by Gasteiger charge is 2.31. The first-order valence-electron chi connectivity index (χ1n) is 6.44. The molecule has 5 nitrogen and oxygen atoms in total. The van der Waals surface area contributed by atoms with Crippen LogP contribution in [0.15, 0.2) is 18.2 Å². The Balaban J connectivity index is 2.20. The van der Waals surface area contributed by atoms with Crippen LogP contribution in [0.5, 0.6) is 0 Å². The van der Waals surface area contributed by atoms with E-state index in [0.717, 1.165) is 11.8 Å². The lowest BCUT2D eigenvalue weighted by Crippen LogP contribution is -2.46. The van der Waals surface area contributed by atoms with Crippen LogP contribution in [0.4, 0.5) is 4.39 Å². The van der Waals surface area contributed by atoms with Crippen LogP contribution >= 0.6 is 11.8 Å². The standard InChI is InChI=1S/C12H17BFNO4S2/c1-21(18,19)12-8-20-5-4-15(12)7-9-2-3-10(13(16)17)6-11(9)14/h2-3,6,12,16-17H,4-5,7-8H2,1H3. The zero-order valence-corrected chi connectivity index (χ0v) is 13.2. The van der Waals surface area contributed by atoms with E-state index in [1.54, 1.807) is 16.7 Å². The molecule has 1 aliphatic heterocycles. The Bertz CT molecular complexity index is 611. The molecule has 0 aliphatic carbocycles. The highest BCUT2D eigenvalue weighted by atomic mass is 32.2. The smallest absolute Gasteiger partial charge is 0.423 e. The molecule has 116 valence electrons. The van der Waals surface area contributed by atoms with Crippen molar-refractivity contribution >= 4 is 34.2 Å². The lowest BCUT2D eigenvalue weighted by atomic mass is 9.80. The Labute approximate surface area is 128 Å². The summed E-state index contributed by atoms with van der Waals surface area (Å²) < 4.78 is 37.6. The molecule has 0 amide bonds. The van der Waals surface area contributed by atoms with Gasteiger partial charge < -0.3 is 10.0 Å². The summed E-state index contributed by atoms with van der Waals surface area (Å²) in [4.78, 5) is 1.75. The van der Waals surface area contributed by atoms with Gasteiger partial charge in [0, 0.05) is 36.4 Å². The quantitative estimate of drug-likeness (QED) is 0.719. The summed E-state index contributed by atoms with van der Waals surface area (Å²) in [7, 11) is -4.95. The predicted molar refractivity (Wildman–Crippen MR) is 82.6 cm³/mol. The summed E-state index contributed by atoms with van der Waals surface area (Å²) in [5, 5.41) is 17.4. The molecule has 2 rings (SSSR count). The van der Waals surface area contributed by atoms with Gasteiger partial charge in [-0.15, -0.1) is 0 Å². The Morgan fingerprint density at radius 2 is 2.19 bits per heavy atom. The largest absolute Gasteiger partial charge is 0.488 e. The van der Waals surface area contributed by atoms with E-state index in [1.165, 1.54) is 18.4 Å². The van der Waals surface area contributed by atoms with Crippen molar-refractivity contribution in [3.63, 3.8) is 0 Å². The van der Waals surface area contributed by atoms with Gasteiger partial charge in [-0.1, -0.05) is 12.1 Å². The zero-order valence-electron chi connectivity index (χ0n) is 11.6. The number of thioether (sulfide) groups is 1. The second-order valence-corrected chi connectivity index (χ2v) is 8.41. The molecule has 0 radical (unpaired) electrons. The predicted octanol–water partition coefficient (Wildman–Crippen LogP) is -0.575. The Kier molecular flexibility index (Phi) is 5.31. The van der Waals surface area contributed by atoms with E-state index < -0.39 is 28.1 Å². The second kappa shape index (κ2) is 6.66. The number of hydrogen-bond donors (Lipinski definition) is 2. The van der Waals surface area contributed by atoms with Crippen molar-refractivity contribution in [3.8, 4) is 0 Å². The molecule has 0 bridgehead atoms. The van der Waals surface area contributed by atoms with Gasteiger partial charge in [0.1, 0.15) is 11.2 Å². The lowest BCUT2D eigenvalue weighted by molar-refractivity contribution is 0.258. The Morgan fingerprint density at radius 1 is 1.48 bits per heavy atom. The first-order valence-corrected chi connectivity index (χ1v) is 9.55. The van der Waals surface area contributed by atoms with Crippen LogP contribution < -0.4 is 5.46 Å². The molecular formula is C12H17BFNO4S2. The van der Waals surface area contributed by atoms with Gasteiger partial charge in [-0.05, 0) is 11.5 Å². The summed E-state index contributed by atoms with van der Waals surface area (Å²) in [5.41, 5.74) is 0.421.